The summed E-state index contributed by atoms with van der Waals surface area (Å²) in [6.45, 7) is 11.0. The highest BCUT2D eigenvalue weighted by Crippen LogP contribution is 2.73. The molecule has 0 aliphatic heterocycles. The molecule has 17 heavy (non-hydrogen) atoms. The van der Waals surface area contributed by atoms with E-state index < -0.39 is 0 Å². The number of hydrogen-bond donors (Lipinski definition) is 0. The highest BCUT2D eigenvalue weighted by molar-refractivity contribution is 5.95. The van der Waals surface area contributed by atoms with Crippen molar-refractivity contribution in [1.29, 1.82) is 0 Å². The van der Waals surface area contributed by atoms with Gasteiger partial charge >= 0.3 is 0 Å². The predicted octanol–water partition coefficient (Wildman–Crippen LogP) is 4.13. The van der Waals surface area contributed by atoms with E-state index in [9.17, 15) is 4.79 Å². The third-order valence-corrected chi connectivity index (χ3v) is 5.56. The molecule has 94 valence electrons. The van der Waals surface area contributed by atoms with Crippen LogP contribution in [-0.2, 0) is 4.79 Å². The lowest BCUT2D eigenvalue weighted by Crippen LogP contribution is -2.60. The van der Waals surface area contributed by atoms with Crippen LogP contribution in [0.25, 0.3) is 0 Å². The molecule has 0 spiro atoms. The Balaban J connectivity index is 2.10. The summed E-state index contributed by atoms with van der Waals surface area (Å²) in [5.41, 5.74) is 1.14. The van der Waals surface area contributed by atoms with Crippen LogP contribution in [0.4, 0.5) is 0 Å². The second kappa shape index (κ2) is 2.87. The van der Waals surface area contributed by atoms with Crippen molar-refractivity contribution in [2.75, 3.05) is 0 Å². The van der Waals surface area contributed by atoms with E-state index in [4.69, 9.17) is 0 Å². The van der Waals surface area contributed by atoms with Crippen molar-refractivity contribution in [1.82, 2.24) is 0 Å². The van der Waals surface area contributed by atoms with Crippen LogP contribution in [0.1, 0.15) is 59.3 Å². The lowest BCUT2D eigenvalue weighted by Gasteiger charge is -2.68. The molecule has 4 fully saturated rings. The Bertz CT molecular complexity index is 352. The molecule has 0 aromatic rings. The minimum atomic E-state index is -0.0608. The SMILES string of the molecule is C=CC(=O)C12CC3(C)CC(C)(CC(C)(C3)C1)C2. The zero-order chi connectivity index (χ0) is 12.5. The van der Waals surface area contributed by atoms with Gasteiger partial charge in [-0.2, -0.15) is 0 Å². The van der Waals surface area contributed by atoms with Gasteiger partial charge in [0.25, 0.3) is 0 Å². The second-order valence-electron chi connectivity index (χ2n) is 8.34. The fourth-order valence-corrected chi connectivity index (χ4v) is 6.77. The Hall–Kier alpha value is -0.590. The normalized spacial score (nSPS) is 55.9. The Kier molecular flexibility index (Phi) is 1.94. The summed E-state index contributed by atoms with van der Waals surface area (Å²) >= 11 is 0. The van der Waals surface area contributed by atoms with Crippen molar-refractivity contribution in [3.8, 4) is 0 Å². The van der Waals surface area contributed by atoms with Crippen molar-refractivity contribution in [2.45, 2.75) is 59.3 Å². The number of allylic oxidation sites excluding steroid dienone is 1. The zero-order valence-corrected chi connectivity index (χ0v) is 11.4. The summed E-state index contributed by atoms with van der Waals surface area (Å²) < 4.78 is 0. The minimum Gasteiger partial charge on any atom is -0.294 e. The average molecular weight is 232 g/mol. The van der Waals surface area contributed by atoms with Crippen LogP contribution in [0.5, 0.6) is 0 Å². The van der Waals surface area contributed by atoms with E-state index in [0.29, 0.717) is 22.0 Å². The quantitative estimate of drug-likeness (QED) is 0.654. The third kappa shape index (κ3) is 1.47. The van der Waals surface area contributed by atoms with Crippen molar-refractivity contribution >= 4 is 5.78 Å². The molecule has 0 radical (unpaired) electrons. The van der Waals surface area contributed by atoms with E-state index in [0.717, 1.165) is 19.3 Å². The lowest BCUT2D eigenvalue weighted by atomic mass is 9.36. The molecule has 1 nitrogen and oxygen atoms in total. The van der Waals surface area contributed by atoms with E-state index in [1.165, 1.54) is 19.3 Å². The van der Waals surface area contributed by atoms with E-state index >= 15 is 0 Å². The van der Waals surface area contributed by atoms with Gasteiger partial charge in [-0.1, -0.05) is 27.4 Å². The van der Waals surface area contributed by atoms with Gasteiger partial charge in [0.2, 0.25) is 0 Å². The molecule has 4 aliphatic rings. The highest BCUT2D eigenvalue weighted by Gasteiger charge is 2.65. The maximum atomic E-state index is 12.4. The topological polar surface area (TPSA) is 17.1 Å². The molecular formula is C16H24O. The standard InChI is InChI=1S/C16H24O/c1-5-12(17)16-9-13(2)6-14(3,10-16)8-15(4,7-13)11-16/h5H,1,6-11H2,2-4H3. The predicted molar refractivity (Wildman–Crippen MR) is 69.7 cm³/mol. The fourth-order valence-electron chi connectivity index (χ4n) is 6.77. The molecule has 4 aliphatic carbocycles. The first-order valence-corrected chi connectivity index (χ1v) is 6.89. The van der Waals surface area contributed by atoms with Crippen molar-refractivity contribution < 1.29 is 4.79 Å². The van der Waals surface area contributed by atoms with Crippen LogP contribution in [0.2, 0.25) is 0 Å². The van der Waals surface area contributed by atoms with E-state index in [-0.39, 0.29) is 5.41 Å². The van der Waals surface area contributed by atoms with Crippen LogP contribution in [0.15, 0.2) is 12.7 Å². The smallest absolute Gasteiger partial charge is 0.161 e. The summed E-state index contributed by atoms with van der Waals surface area (Å²) in [5, 5.41) is 0. The van der Waals surface area contributed by atoms with Crippen LogP contribution >= 0.6 is 0 Å². The molecule has 0 heterocycles. The molecule has 0 N–H and O–H groups in total. The molecule has 4 rings (SSSR count). The zero-order valence-electron chi connectivity index (χ0n) is 11.4. The maximum Gasteiger partial charge on any atom is 0.161 e. The van der Waals surface area contributed by atoms with Gasteiger partial charge in [-0.15, -0.1) is 0 Å². The summed E-state index contributed by atoms with van der Waals surface area (Å²) in [6.07, 6.45) is 8.87. The molecule has 0 amide bonds. The average Bonchev–Trinajstić information content (AvgIpc) is 2.08. The van der Waals surface area contributed by atoms with Gasteiger partial charge in [0.1, 0.15) is 0 Å². The first-order valence-electron chi connectivity index (χ1n) is 6.89. The van der Waals surface area contributed by atoms with Crippen molar-refractivity contribution in [3.63, 3.8) is 0 Å². The van der Waals surface area contributed by atoms with Gasteiger partial charge in [-0.05, 0) is 60.8 Å². The maximum absolute atomic E-state index is 12.4. The largest absolute Gasteiger partial charge is 0.294 e. The third-order valence-electron chi connectivity index (χ3n) is 5.56. The van der Waals surface area contributed by atoms with Gasteiger partial charge in [0.05, 0.1) is 0 Å². The molecule has 0 aromatic heterocycles. The Morgan fingerprint density at radius 3 is 1.53 bits per heavy atom. The van der Waals surface area contributed by atoms with Crippen molar-refractivity contribution in [3.05, 3.63) is 12.7 Å². The van der Waals surface area contributed by atoms with Gasteiger partial charge in [-0.25, -0.2) is 0 Å². The summed E-state index contributed by atoms with van der Waals surface area (Å²) in [4.78, 5) is 12.4. The number of carbonyl (C=O) groups excluding carboxylic acids is 1. The van der Waals surface area contributed by atoms with Crippen LogP contribution in [0.3, 0.4) is 0 Å². The van der Waals surface area contributed by atoms with Gasteiger partial charge in [0.15, 0.2) is 5.78 Å². The molecule has 4 bridgehead atoms. The minimum absolute atomic E-state index is 0.0608. The Labute approximate surface area is 105 Å². The first kappa shape index (κ1) is 11.5. The molecule has 1 heteroatoms. The van der Waals surface area contributed by atoms with E-state index in [1.807, 2.05) is 0 Å². The molecular weight excluding hydrogens is 208 g/mol. The number of rotatable bonds is 2. The van der Waals surface area contributed by atoms with Gasteiger partial charge in [0, 0.05) is 5.41 Å². The monoisotopic (exact) mass is 232 g/mol. The second-order valence-corrected chi connectivity index (χ2v) is 8.34. The summed E-state index contributed by atoms with van der Waals surface area (Å²) in [6, 6.07) is 0. The summed E-state index contributed by atoms with van der Waals surface area (Å²) in [7, 11) is 0. The molecule has 0 unspecified atom stereocenters. The summed E-state index contributed by atoms with van der Waals surface area (Å²) in [5.74, 6) is 0.320. The lowest BCUT2D eigenvalue weighted by molar-refractivity contribution is -0.187. The Morgan fingerprint density at radius 1 is 0.882 bits per heavy atom. The highest BCUT2D eigenvalue weighted by atomic mass is 16.1. The van der Waals surface area contributed by atoms with Gasteiger partial charge < -0.3 is 0 Å². The van der Waals surface area contributed by atoms with Crippen LogP contribution < -0.4 is 0 Å². The fraction of sp³-hybridized carbons (Fsp3) is 0.812. The van der Waals surface area contributed by atoms with Gasteiger partial charge in [-0.3, -0.25) is 4.79 Å². The first-order chi connectivity index (χ1) is 7.72. The molecule has 4 saturated carbocycles. The molecule has 0 aromatic carbocycles. The van der Waals surface area contributed by atoms with E-state index in [2.05, 4.69) is 27.4 Å². The van der Waals surface area contributed by atoms with E-state index in [1.54, 1.807) is 6.08 Å². The van der Waals surface area contributed by atoms with Crippen molar-refractivity contribution in [2.24, 2.45) is 21.7 Å². The van der Waals surface area contributed by atoms with Crippen LogP contribution in [-0.4, -0.2) is 5.78 Å². The number of hydrogen-bond acceptors (Lipinski definition) is 1. The molecule has 0 saturated heterocycles. The van der Waals surface area contributed by atoms with Crippen LogP contribution in [0, 0.1) is 21.7 Å². The number of ketones is 1. The number of carbonyl (C=O) groups is 1. The molecule has 0 atom stereocenters. The Morgan fingerprint density at radius 2 is 1.24 bits per heavy atom.